The van der Waals surface area contributed by atoms with Crippen LogP contribution in [0.5, 0.6) is 0 Å². The minimum absolute atomic E-state index is 0. The minimum atomic E-state index is -3.39. The monoisotopic (exact) mass is 455 g/mol. The number of sulfone groups is 1. The lowest BCUT2D eigenvalue weighted by molar-refractivity contribution is -0.00416. The standard InChI is InChI=1S/C17H29N5O3S.2ClH/c1-22-8-5-17(23,6-9-22)12-20-16-19-11-14(26(2,24)25)15(21-16)13-4-3-7-18-10-13;;/h11,13,18,23H,3-10,12H2,1-2H3,(H,19,20,21);2*1H. The molecule has 1 aromatic rings. The molecule has 3 rings (SSSR count). The molecule has 0 aromatic carbocycles. The van der Waals surface area contributed by atoms with E-state index in [9.17, 15) is 13.5 Å². The molecule has 8 nitrogen and oxygen atoms in total. The molecule has 1 unspecified atom stereocenters. The first-order valence-corrected chi connectivity index (χ1v) is 11.1. The number of hydrogen-bond donors (Lipinski definition) is 3. The Morgan fingerprint density at radius 1 is 1.36 bits per heavy atom. The van der Waals surface area contributed by atoms with Crippen LogP contribution < -0.4 is 10.6 Å². The third-order valence-electron chi connectivity index (χ3n) is 5.36. The highest BCUT2D eigenvalue weighted by Crippen LogP contribution is 2.28. The molecule has 0 saturated carbocycles. The van der Waals surface area contributed by atoms with Crippen molar-refractivity contribution in [1.82, 2.24) is 20.2 Å². The zero-order valence-electron chi connectivity index (χ0n) is 16.3. The van der Waals surface area contributed by atoms with Gasteiger partial charge in [-0.2, -0.15) is 0 Å². The van der Waals surface area contributed by atoms with E-state index < -0.39 is 15.4 Å². The molecule has 2 saturated heterocycles. The van der Waals surface area contributed by atoms with Gasteiger partial charge in [-0.1, -0.05) is 0 Å². The molecule has 0 amide bonds. The molecule has 0 aliphatic carbocycles. The number of hydrogen-bond acceptors (Lipinski definition) is 8. The summed E-state index contributed by atoms with van der Waals surface area (Å²) in [5.74, 6) is 0.439. The van der Waals surface area contributed by atoms with Crippen molar-refractivity contribution >= 4 is 40.6 Å². The second-order valence-corrected chi connectivity index (χ2v) is 9.62. The largest absolute Gasteiger partial charge is 0.388 e. The van der Waals surface area contributed by atoms with E-state index in [1.54, 1.807) is 0 Å². The summed E-state index contributed by atoms with van der Waals surface area (Å²) in [4.78, 5) is 11.1. The van der Waals surface area contributed by atoms with E-state index in [0.29, 0.717) is 31.0 Å². The van der Waals surface area contributed by atoms with Crippen molar-refractivity contribution in [2.24, 2.45) is 0 Å². The van der Waals surface area contributed by atoms with Crippen LogP contribution in [0.1, 0.15) is 37.3 Å². The summed E-state index contributed by atoms with van der Waals surface area (Å²) in [6.07, 6.45) is 5.87. The Bertz CT molecular complexity index is 736. The van der Waals surface area contributed by atoms with Gasteiger partial charge in [0, 0.05) is 38.4 Å². The number of anilines is 1. The number of nitrogens with zero attached hydrogens (tertiary/aromatic N) is 3. The Morgan fingerprint density at radius 3 is 2.61 bits per heavy atom. The van der Waals surface area contributed by atoms with Gasteiger partial charge in [0.25, 0.3) is 0 Å². The van der Waals surface area contributed by atoms with E-state index in [2.05, 4.69) is 25.5 Å². The van der Waals surface area contributed by atoms with Gasteiger partial charge < -0.3 is 20.6 Å². The SMILES string of the molecule is CN1CCC(O)(CNc2ncc(S(C)(=O)=O)c(C3CCCNC3)n2)CC1.Cl.Cl. The zero-order valence-corrected chi connectivity index (χ0v) is 18.8. The quantitative estimate of drug-likeness (QED) is 0.604. The average Bonchev–Trinajstić information content (AvgIpc) is 2.63. The first-order valence-electron chi connectivity index (χ1n) is 9.19. The van der Waals surface area contributed by atoms with Gasteiger partial charge in [0.2, 0.25) is 5.95 Å². The van der Waals surface area contributed by atoms with Crippen LogP contribution >= 0.6 is 24.8 Å². The number of piperidine rings is 2. The Kier molecular flexibility index (Phi) is 9.37. The number of likely N-dealkylation sites (tertiary alicyclic amines) is 1. The van der Waals surface area contributed by atoms with E-state index in [1.807, 2.05) is 7.05 Å². The maximum absolute atomic E-state index is 12.1. The second-order valence-electron chi connectivity index (χ2n) is 7.64. The molecular formula is C17H31Cl2N5O3S. The molecule has 2 fully saturated rings. The lowest BCUT2D eigenvalue weighted by atomic mass is 9.92. The van der Waals surface area contributed by atoms with Gasteiger partial charge in [-0.3, -0.25) is 0 Å². The maximum atomic E-state index is 12.1. The van der Waals surface area contributed by atoms with E-state index in [1.165, 1.54) is 12.5 Å². The summed E-state index contributed by atoms with van der Waals surface area (Å²) in [6.45, 7) is 3.73. The molecule has 3 heterocycles. The van der Waals surface area contributed by atoms with E-state index >= 15 is 0 Å². The highest BCUT2D eigenvalue weighted by atomic mass is 35.5. The van der Waals surface area contributed by atoms with Crippen molar-refractivity contribution in [2.75, 3.05) is 51.3 Å². The van der Waals surface area contributed by atoms with Crippen LogP contribution in [-0.4, -0.2) is 80.0 Å². The number of nitrogens with one attached hydrogen (secondary N) is 2. The highest BCUT2D eigenvalue weighted by molar-refractivity contribution is 7.90. The molecule has 11 heteroatoms. The predicted molar refractivity (Wildman–Crippen MR) is 115 cm³/mol. The molecule has 2 aliphatic heterocycles. The second kappa shape index (κ2) is 10.4. The van der Waals surface area contributed by atoms with Gasteiger partial charge >= 0.3 is 0 Å². The summed E-state index contributed by atoms with van der Waals surface area (Å²) >= 11 is 0. The summed E-state index contributed by atoms with van der Waals surface area (Å²) < 4.78 is 24.3. The fourth-order valence-electron chi connectivity index (χ4n) is 3.59. The molecule has 162 valence electrons. The van der Waals surface area contributed by atoms with Crippen LogP contribution in [0, 0.1) is 0 Å². The molecule has 1 aromatic heterocycles. The molecule has 0 radical (unpaired) electrons. The molecule has 1 atom stereocenters. The molecule has 3 N–H and O–H groups in total. The maximum Gasteiger partial charge on any atom is 0.223 e. The van der Waals surface area contributed by atoms with Crippen molar-refractivity contribution < 1.29 is 13.5 Å². The molecule has 28 heavy (non-hydrogen) atoms. The first kappa shape index (κ1) is 25.3. The zero-order chi connectivity index (χ0) is 18.8. The van der Waals surface area contributed by atoms with Crippen molar-refractivity contribution in [3.8, 4) is 0 Å². The number of aliphatic hydroxyl groups is 1. The summed E-state index contributed by atoms with van der Waals surface area (Å²) in [6, 6.07) is 0. The third-order valence-corrected chi connectivity index (χ3v) is 6.47. The summed E-state index contributed by atoms with van der Waals surface area (Å²) in [5, 5.41) is 17.1. The Labute approximate surface area is 179 Å². The molecular weight excluding hydrogens is 425 g/mol. The van der Waals surface area contributed by atoms with Crippen LogP contribution in [0.4, 0.5) is 5.95 Å². The number of rotatable bonds is 5. The summed E-state index contributed by atoms with van der Waals surface area (Å²) in [5.41, 5.74) is -0.203. The number of aromatic nitrogens is 2. The smallest absolute Gasteiger partial charge is 0.223 e. The van der Waals surface area contributed by atoms with Crippen LogP contribution in [-0.2, 0) is 9.84 Å². The van der Waals surface area contributed by atoms with E-state index in [0.717, 1.165) is 39.0 Å². The van der Waals surface area contributed by atoms with Gasteiger partial charge in [-0.05, 0) is 39.3 Å². The van der Waals surface area contributed by atoms with E-state index in [4.69, 9.17) is 0 Å². The first-order chi connectivity index (χ1) is 12.3. The van der Waals surface area contributed by atoms with Crippen molar-refractivity contribution in [2.45, 2.75) is 42.1 Å². The van der Waals surface area contributed by atoms with Gasteiger partial charge in [-0.25, -0.2) is 18.4 Å². The predicted octanol–water partition coefficient (Wildman–Crippen LogP) is 1.06. The third kappa shape index (κ3) is 6.40. The van der Waals surface area contributed by atoms with Crippen LogP contribution in [0.2, 0.25) is 0 Å². The van der Waals surface area contributed by atoms with Crippen molar-refractivity contribution in [1.29, 1.82) is 0 Å². The van der Waals surface area contributed by atoms with Gasteiger partial charge in [0.05, 0.1) is 17.5 Å². The number of halogens is 2. The minimum Gasteiger partial charge on any atom is -0.388 e. The van der Waals surface area contributed by atoms with Gasteiger partial charge in [-0.15, -0.1) is 24.8 Å². The lowest BCUT2D eigenvalue weighted by Crippen LogP contribution is -2.47. The Morgan fingerprint density at radius 2 is 2.04 bits per heavy atom. The topological polar surface area (TPSA) is 107 Å². The van der Waals surface area contributed by atoms with Gasteiger partial charge in [0.15, 0.2) is 9.84 Å². The highest BCUT2D eigenvalue weighted by Gasteiger charge is 2.31. The molecule has 2 aliphatic rings. The molecule has 0 spiro atoms. The van der Waals surface area contributed by atoms with Crippen LogP contribution in [0.3, 0.4) is 0 Å². The molecule has 0 bridgehead atoms. The Hall–Kier alpha value is -0.710. The Balaban J connectivity index is 0.00000196. The normalized spacial score (nSPS) is 22.6. The van der Waals surface area contributed by atoms with Crippen LogP contribution in [0.25, 0.3) is 0 Å². The van der Waals surface area contributed by atoms with Crippen LogP contribution in [0.15, 0.2) is 11.1 Å². The van der Waals surface area contributed by atoms with E-state index in [-0.39, 0.29) is 35.6 Å². The average molecular weight is 456 g/mol. The van der Waals surface area contributed by atoms with Gasteiger partial charge in [0.1, 0.15) is 4.90 Å². The fourth-order valence-corrected chi connectivity index (χ4v) is 4.42. The fraction of sp³-hybridized carbons (Fsp3) is 0.765. The summed E-state index contributed by atoms with van der Waals surface area (Å²) in [7, 11) is -1.34. The van der Waals surface area contributed by atoms with Crippen molar-refractivity contribution in [3.63, 3.8) is 0 Å². The van der Waals surface area contributed by atoms with Crippen molar-refractivity contribution in [3.05, 3.63) is 11.9 Å². The lowest BCUT2D eigenvalue weighted by Gasteiger charge is -2.36.